The minimum absolute atomic E-state index is 0.129. The largest absolute Gasteiger partial charge is 0.444 e. The first-order valence-electron chi connectivity index (χ1n) is 14.3. The molecule has 1 aromatic carbocycles. The quantitative estimate of drug-likeness (QED) is 0.244. The molecule has 9 nitrogen and oxygen atoms in total. The number of benzene rings is 1. The Kier molecular flexibility index (Phi) is 7.49. The number of nitrogens with zero attached hydrogens (tertiary/aromatic N) is 4. The van der Waals surface area contributed by atoms with Crippen molar-refractivity contribution < 1.29 is 13.9 Å². The monoisotopic (exact) mass is 577 g/mol. The van der Waals surface area contributed by atoms with Gasteiger partial charge in [0.15, 0.2) is 11.6 Å². The van der Waals surface area contributed by atoms with Gasteiger partial charge in [-0.1, -0.05) is 25.6 Å². The summed E-state index contributed by atoms with van der Waals surface area (Å²) in [4.78, 5) is 24.3. The van der Waals surface area contributed by atoms with Crippen LogP contribution in [0.15, 0.2) is 18.2 Å². The molecule has 1 amide bonds. The van der Waals surface area contributed by atoms with Crippen molar-refractivity contribution >= 4 is 42.7 Å². The molecule has 1 saturated heterocycles. The Hall–Kier alpha value is -3.65. The van der Waals surface area contributed by atoms with Crippen LogP contribution in [0.3, 0.4) is 0 Å². The Labute approximate surface area is 242 Å². The first-order valence-corrected chi connectivity index (χ1v) is 17.8. The molecule has 218 valence electrons. The fourth-order valence-electron chi connectivity index (χ4n) is 4.74. The lowest BCUT2D eigenvalue weighted by atomic mass is 9.90. The number of hydrogen-bond donors (Lipinski definition) is 3. The number of anilines is 3. The van der Waals surface area contributed by atoms with Gasteiger partial charge in [-0.05, 0) is 71.6 Å². The number of H-pyrrole nitrogens is 1. The number of alkyl carbamates (subject to hydrolysis) is 1. The van der Waals surface area contributed by atoms with Crippen molar-refractivity contribution in [2.24, 2.45) is 0 Å². The smallest absolute Gasteiger partial charge is 0.408 e. The van der Waals surface area contributed by atoms with Crippen molar-refractivity contribution in [1.82, 2.24) is 25.5 Å². The molecule has 0 atom stereocenters. The predicted octanol–water partition coefficient (Wildman–Crippen LogP) is 6.23. The van der Waals surface area contributed by atoms with E-state index in [1.165, 1.54) is 0 Å². The van der Waals surface area contributed by atoms with Gasteiger partial charge in [0, 0.05) is 35.5 Å². The van der Waals surface area contributed by atoms with Gasteiger partial charge in [0.1, 0.15) is 19.5 Å². The maximum atomic E-state index is 15.2. The minimum Gasteiger partial charge on any atom is -0.444 e. The van der Waals surface area contributed by atoms with Crippen molar-refractivity contribution in [3.05, 3.63) is 35.3 Å². The van der Waals surface area contributed by atoms with Crippen LogP contribution in [0.25, 0.3) is 10.9 Å². The molecule has 0 radical (unpaired) electrons. The number of piperidine rings is 1. The van der Waals surface area contributed by atoms with E-state index in [4.69, 9.17) is 14.7 Å². The van der Waals surface area contributed by atoms with Crippen LogP contribution < -0.4 is 15.5 Å². The van der Waals surface area contributed by atoms with Gasteiger partial charge >= 0.3 is 6.09 Å². The first kappa shape index (κ1) is 28.9. The lowest BCUT2D eigenvalue weighted by Gasteiger charge is -2.40. The normalized spacial score (nSPS) is 17.1. The molecule has 0 unspecified atom stereocenters. The van der Waals surface area contributed by atoms with Crippen molar-refractivity contribution in [1.29, 1.82) is 0 Å². The molecule has 41 heavy (non-hydrogen) atoms. The summed E-state index contributed by atoms with van der Waals surface area (Å²) in [6.45, 7) is 15.5. The molecule has 1 aliphatic carbocycles. The topological polar surface area (TPSA) is 108 Å². The highest BCUT2D eigenvalue weighted by atomic mass is 28.3. The molecular weight excluding hydrogens is 537 g/mol. The number of rotatable bonds is 5. The zero-order valence-corrected chi connectivity index (χ0v) is 26.0. The van der Waals surface area contributed by atoms with Crippen LogP contribution >= 0.6 is 0 Å². The van der Waals surface area contributed by atoms with E-state index in [-0.39, 0.29) is 17.6 Å². The van der Waals surface area contributed by atoms with Crippen LogP contribution in [-0.2, 0) is 4.74 Å². The fraction of sp³-hybridized carbons (Fsp3) is 0.533. The molecule has 0 bridgehead atoms. The van der Waals surface area contributed by atoms with Gasteiger partial charge in [0.25, 0.3) is 0 Å². The number of amides is 1. The van der Waals surface area contributed by atoms with Gasteiger partial charge in [-0.2, -0.15) is 10.1 Å². The van der Waals surface area contributed by atoms with Gasteiger partial charge in [-0.25, -0.2) is 14.2 Å². The molecule has 2 aliphatic rings. The standard InChI is InChI=1S/C30H40FN7O2Si/c1-29(2,3)40-28(39)35-30(4)13-15-38(16-14-30)27-32-22-11-8-19(12-17-41(5,6)7)18-21(22)25(34-27)33-26-23(31)24(36-37-26)20-9-10-20/h8,11,18,20H,9-10,13-16H2,1-7H3,(H,35,39)(H2,32,33,34,36,37). The highest BCUT2D eigenvalue weighted by molar-refractivity contribution is 6.83. The summed E-state index contributed by atoms with van der Waals surface area (Å²) in [5, 5.41) is 14.0. The van der Waals surface area contributed by atoms with Crippen LogP contribution in [0.1, 0.15) is 70.6 Å². The molecule has 3 N–H and O–H groups in total. The number of aromatic amines is 1. The van der Waals surface area contributed by atoms with E-state index in [0.717, 1.165) is 29.3 Å². The van der Waals surface area contributed by atoms with Crippen molar-refractivity contribution in [3.63, 3.8) is 0 Å². The molecule has 3 aromatic rings. The van der Waals surface area contributed by atoms with E-state index in [2.05, 4.69) is 56.8 Å². The van der Waals surface area contributed by atoms with Crippen LogP contribution in [0.4, 0.5) is 26.8 Å². The summed E-state index contributed by atoms with van der Waals surface area (Å²) in [6, 6.07) is 5.86. The van der Waals surface area contributed by atoms with E-state index in [1.54, 1.807) is 0 Å². The van der Waals surface area contributed by atoms with Gasteiger partial charge in [-0.15, -0.1) is 5.54 Å². The second-order valence-electron chi connectivity index (χ2n) is 13.5. The number of carbonyl (C=O) groups excluding carboxylic acids is 1. The molecule has 2 fully saturated rings. The van der Waals surface area contributed by atoms with E-state index in [9.17, 15) is 4.79 Å². The van der Waals surface area contributed by atoms with Gasteiger partial charge in [0.05, 0.1) is 11.2 Å². The third kappa shape index (κ3) is 7.17. The maximum absolute atomic E-state index is 15.2. The lowest BCUT2D eigenvalue weighted by molar-refractivity contribution is 0.0448. The summed E-state index contributed by atoms with van der Waals surface area (Å²) < 4.78 is 20.7. The van der Waals surface area contributed by atoms with Gasteiger partial charge < -0.3 is 20.3 Å². The molecule has 3 heterocycles. The number of halogens is 1. The second kappa shape index (κ2) is 10.6. The summed E-state index contributed by atoms with van der Waals surface area (Å²) in [5.41, 5.74) is 4.58. The number of fused-ring (bicyclic) bond motifs is 1. The zero-order chi connectivity index (χ0) is 29.6. The highest BCUT2D eigenvalue weighted by Crippen LogP contribution is 2.42. The Bertz CT molecular complexity index is 1520. The summed E-state index contributed by atoms with van der Waals surface area (Å²) in [6.07, 6.45) is 2.91. The molecule has 2 aromatic heterocycles. The van der Waals surface area contributed by atoms with Crippen molar-refractivity contribution in [3.8, 4) is 11.5 Å². The molecule has 11 heteroatoms. The van der Waals surface area contributed by atoms with Crippen molar-refractivity contribution in [2.75, 3.05) is 23.3 Å². The zero-order valence-electron chi connectivity index (χ0n) is 25.0. The Morgan fingerprint density at radius 1 is 1.17 bits per heavy atom. The summed E-state index contributed by atoms with van der Waals surface area (Å²) in [5.74, 6) is 4.29. The summed E-state index contributed by atoms with van der Waals surface area (Å²) in [7, 11) is -1.57. The maximum Gasteiger partial charge on any atom is 0.408 e. The molecule has 1 aliphatic heterocycles. The average Bonchev–Trinajstić information content (AvgIpc) is 3.64. The Morgan fingerprint density at radius 3 is 2.51 bits per heavy atom. The van der Waals surface area contributed by atoms with E-state index in [0.29, 0.717) is 43.4 Å². The molecule has 1 saturated carbocycles. The van der Waals surface area contributed by atoms with Crippen LogP contribution in [0.5, 0.6) is 0 Å². The Balaban J connectivity index is 1.43. The van der Waals surface area contributed by atoms with Gasteiger partial charge in [-0.3, -0.25) is 5.10 Å². The Morgan fingerprint density at radius 2 is 1.88 bits per heavy atom. The number of ether oxygens (including phenoxy) is 1. The van der Waals surface area contributed by atoms with Crippen LogP contribution in [-0.4, -0.2) is 58.6 Å². The van der Waals surface area contributed by atoms with Gasteiger partial charge in [0.2, 0.25) is 5.95 Å². The SMILES string of the molecule is CC1(NC(=O)OC(C)(C)C)CCN(c2nc(Nc3n[nH]c(C4CC4)c3F)c3cc(C#C[Si](C)(C)C)ccc3n2)CC1. The number of carbonyl (C=O) groups is 1. The molecular formula is C30H40FN7O2Si. The molecule has 0 spiro atoms. The third-order valence-electron chi connectivity index (χ3n) is 7.17. The average molecular weight is 578 g/mol. The number of nitrogens with one attached hydrogen (secondary N) is 3. The van der Waals surface area contributed by atoms with E-state index < -0.39 is 25.3 Å². The molecule has 5 rings (SSSR count). The third-order valence-corrected chi connectivity index (χ3v) is 8.05. The van der Waals surface area contributed by atoms with Crippen LogP contribution in [0, 0.1) is 17.3 Å². The van der Waals surface area contributed by atoms with Crippen molar-refractivity contribution in [2.45, 2.75) is 90.1 Å². The minimum atomic E-state index is -1.57. The van der Waals surface area contributed by atoms with E-state index >= 15 is 4.39 Å². The lowest BCUT2D eigenvalue weighted by Crippen LogP contribution is -2.54. The van der Waals surface area contributed by atoms with E-state index in [1.807, 2.05) is 45.9 Å². The highest BCUT2D eigenvalue weighted by Gasteiger charge is 2.34. The summed E-state index contributed by atoms with van der Waals surface area (Å²) >= 11 is 0. The first-order chi connectivity index (χ1) is 19.2. The number of aromatic nitrogens is 4. The van der Waals surface area contributed by atoms with Crippen LogP contribution in [0.2, 0.25) is 19.6 Å². The predicted molar refractivity (Wildman–Crippen MR) is 163 cm³/mol. The number of hydrogen-bond acceptors (Lipinski definition) is 7. The fourth-order valence-corrected chi connectivity index (χ4v) is 5.26. The second-order valence-corrected chi connectivity index (χ2v) is 18.2.